The molecule has 0 aliphatic heterocycles. The molecule has 3 aromatic rings. The second-order valence-corrected chi connectivity index (χ2v) is 8.46. The molecule has 0 unspecified atom stereocenters. The zero-order valence-electron chi connectivity index (χ0n) is 13.8. The molecule has 0 amide bonds. The summed E-state index contributed by atoms with van der Waals surface area (Å²) >= 11 is 1.53. The molecule has 0 saturated carbocycles. The van der Waals surface area contributed by atoms with Crippen LogP contribution in [0, 0.1) is 13.8 Å². The average molecular weight is 365 g/mol. The van der Waals surface area contributed by atoms with Crippen molar-refractivity contribution in [1.82, 2.24) is 14.1 Å². The van der Waals surface area contributed by atoms with Crippen molar-refractivity contribution < 1.29 is 12.8 Å². The summed E-state index contributed by atoms with van der Waals surface area (Å²) in [6.45, 7) is 3.97. The van der Waals surface area contributed by atoms with E-state index in [0.717, 1.165) is 4.88 Å². The average Bonchev–Trinajstić information content (AvgIpc) is 3.23. The molecular formula is C16H19N3O3S2. The lowest BCUT2D eigenvalue weighted by atomic mass is 10.4. The molecule has 3 heterocycles. The SMILES string of the molecule is Cc1nn(C)c(C)c1S(=O)(=O)N(Cc1ccco1)Cc1cccs1. The zero-order chi connectivity index (χ0) is 17.3. The Balaban J connectivity index is 2.02. The van der Waals surface area contributed by atoms with E-state index in [0.29, 0.717) is 23.7 Å². The first-order valence-electron chi connectivity index (χ1n) is 7.44. The van der Waals surface area contributed by atoms with Gasteiger partial charge in [0.25, 0.3) is 0 Å². The van der Waals surface area contributed by atoms with Gasteiger partial charge in [-0.3, -0.25) is 4.68 Å². The Hall–Kier alpha value is -1.90. The topological polar surface area (TPSA) is 68.3 Å². The number of nitrogens with zero attached hydrogens (tertiary/aromatic N) is 3. The van der Waals surface area contributed by atoms with Gasteiger partial charge in [0, 0.05) is 18.5 Å². The van der Waals surface area contributed by atoms with Crippen LogP contribution in [-0.4, -0.2) is 22.5 Å². The van der Waals surface area contributed by atoms with Gasteiger partial charge in [0.05, 0.1) is 24.2 Å². The number of furan rings is 1. The van der Waals surface area contributed by atoms with E-state index >= 15 is 0 Å². The quantitative estimate of drug-likeness (QED) is 0.673. The van der Waals surface area contributed by atoms with Crippen molar-refractivity contribution in [3.05, 3.63) is 57.9 Å². The smallest absolute Gasteiger partial charge is 0.247 e. The van der Waals surface area contributed by atoms with Crippen molar-refractivity contribution >= 4 is 21.4 Å². The summed E-state index contributed by atoms with van der Waals surface area (Å²) in [5.74, 6) is 0.606. The number of rotatable bonds is 6. The molecule has 3 aromatic heterocycles. The van der Waals surface area contributed by atoms with E-state index in [1.807, 2.05) is 17.5 Å². The molecule has 0 N–H and O–H groups in total. The van der Waals surface area contributed by atoms with E-state index in [9.17, 15) is 8.42 Å². The number of aromatic nitrogens is 2. The van der Waals surface area contributed by atoms with Crippen molar-refractivity contribution in [3.63, 3.8) is 0 Å². The minimum atomic E-state index is -3.70. The molecule has 0 spiro atoms. The Labute approximate surface area is 145 Å². The van der Waals surface area contributed by atoms with Gasteiger partial charge in [-0.15, -0.1) is 11.3 Å². The molecule has 0 aliphatic carbocycles. The molecule has 24 heavy (non-hydrogen) atoms. The minimum Gasteiger partial charge on any atom is -0.468 e. The van der Waals surface area contributed by atoms with Crippen LogP contribution in [0.5, 0.6) is 0 Å². The molecule has 8 heteroatoms. The third-order valence-corrected chi connectivity index (χ3v) is 6.77. The van der Waals surface area contributed by atoms with E-state index in [2.05, 4.69) is 5.10 Å². The lowest BCUT2D eigenvalue weighted by Gasteiger charge is -2.21. The van der Waals surface area contributed by atoms with Crippen molar-refractivity contribution in [2.45, 2.75) is 31.8 Å². The molecule has 6 nitrogen and oxygen atoms in total. The molecule has 3 rings (SSSR count). The Morgan fingerprint density at radius 3 is 2.58 bits per heavy atom. The van der Waals surface area contributed by atoms with E-state index < -0.39 is 10.0 Å². The number of hydrogen-bond acceptors (Lipinski definition) is 5. The maximum atomic E-state index is 13.3. The molecule has 0 saturated heterocycles. The summed E-state index contributed by atoms with van der Waals surface area (Å²) in [6, 6.07) is 7.38. The van der Waals surface area contributed by atoms with Gasteiger partial charge in [-0.05, 0) is 37.4 Å². The van der Waals surface area contributed by atoms with E-state index in [1.165, 1.54) is 15.6 Å². The van der Waals surface area contributed by atoms with Crippen LogP contribution in [0.3, 0.4) is 0 Å². The highest BCUT2D eigenvalue weighted by atomic mass is 32.2. The second-order valence-electron chi connectivity index (χ2n) is 5.56. The number of sulfonamides is 1. The van der Waals surface area contributed by atoms with Crippen molar-refractivity contribution in [2.24, 2.45) is 7.05 Å². The second kappa shape index (κ2) is 6.54. The van der Waals surface area contributed by atoms with Gasteiger partial charge < -0.3 is 4.42 Å². The van der Waals surface area contributed by atoms with Crippen LogP contribution in [0.15, 0.2) is 45.2 Å². The predicted octanol–water partition coefficient (Wildman–Crippen LogP) is 3.08. The number of aryl methyl sites for hydroxylation is 2. The monoisotopic (exact) mass is 365 g/mol. The fraction of sp³-hybridized carbons (Fsp3) is 0.312. The van der Waals surface area contributed by atoms with Gasteiger partial charge in [0.15, 0.2) is 0 Å². The maximum Gasteiger partial charge on any atom is 0.247 e. The van der Waals surface area contributed by atoms with E-state index in [4.69, 9.17) is 4.42 Å². The van der Waals surface area contributed by atoms with E-state index in [1.54, 1.807) is 44.0 Å². The van der Waals surface area contributed by atoms with Crippen LogP contribution in [0.2, 0.25) is 0 Å². The highest BCUT2D eigenvalue weighted by molar-refractivity contribution is 7.89. The Kier molecular flexibility index (Phi) is 4.62. The lowest BCUT2D eigenvalue weighted by molar-refractivity contribution is 0.360. The molecular weight excluding hydrogens is 346 g/mol. The summed E-state index contributed by atoms with van der Waals surface area (Å²) in [4.78, 5) is 1.25. The van der Waals surface area contributed by atoms with Gasteiger partial charge in [-0.1, -0.05) is 6.07 Å². The molecule has 0 aliphatic rings. The van der Waals surface area contributed by atoms with E-state index in [-0.39, 0.29) is 11.4 Å². The Morgan fingerprint density at radius 2 is 2.04 bits per heavy atom. The molecule has 0 fully saturated rings. The third kappa shape index (κ3) is 3.17. The summed E-state index contributed by atoms with van der Waals surface area (Å²) in [7, 11) is -1.95. The van der Waals surface area contributed by atoms with Gasteiger partial charge in [-0.2, -0.15) is 9.40 Å². The summed E-state index contributed by atoms with van der Waals surface area (Å²) in [5.41, 5.74) is 1.13. The largest absolute Gasteiger partial charge is 0.468 e. The molecule has 128 valence electrons. The van der Waals surface area contributed by atoms with Crippen LogP contribution in [0.1, 0.15) is 22.0 Å². The molecule has 0 atom stereocenters. The molecule has 0 aromatic carbocycles. The fourth-order valence-electron chi connectivity index (χ4n) is 2.64. The van der Waals surface area contributed by atoms with Gasteiger partial charge >= 0.3 is 0 Å². The van der Waals surface area contributed by atoms with Crippen molar-refractivity contribution in [1.29, 1.82) is 0 Å². The van der Waals surface area contributed by atoms with Crippen LogP contribution >= 0.6 is 11.3 Å². The number of thiophene rings is 1. The number of hydrogen-bond donors (Lipinski definition) is 0. The van der Waals surface area contributed by atoms with Crippen molar-refractivity contribution in [3.8, 4) is 0 Å². The summed E-state index contributed by atoms with van der Waals surface area (Å²) in [5, 5.41) is 6.18. The van der Waals surface area contributed by atoms with Gasteiger partial charge in [0.1, 0.15) is 10.7 Å². The maximum absolute atomic E-state index is 13.3. The Bertz CT molecular complexity index is 874. The first kappa shape index (κ1) is 16.9. The normalized spacial score (nSPS) is 12.2. The molecule has 0 radical (unpaired) electrons. The van der Waals surface area contributed by atoms with Crippen LogP contribution in [-0.2, 0) is 30.2 Å². The minimum absolute atomic E-state index is 0.182. The summed E-state index contributed by atoms with van der Waals surface area (Å²) < 4.78 is 34.9. The van der Waals surface area contributed by atoms with Crippen molar-refractivity contribution in [2.75, 3.05) is 0 Å². The third-order valence-electron chi connectivity index (χ3n) is 3.87. The summed E-state index contributed by atoms with van der Waals surface area (Å²) in [6.07, 6.45) is 1.55. The fourth-order valence-corrected chi connectivity index (χ4v) is 5.22. The lowest BCUT2D eigenvalue weighted by Crippen LogP contribution is -2.30. The Morgan fingerprint density at radius 1 is 1.25 bits per heavy atom. The van der Waals surface area contributed by atoms with Crippen LogP contribution in [0.25, 0.3) is 0 Å². The van der Waals surface area contributed by atoms with Crippen LogP contribution < -0.4 is 0 Å². The van der Waals surface area contributed by atoms with Gasteiger partial charge in [0.2, 0.25) is 10.0 Å². The highest BCUT2D eigenvalue weighted by Gasteiger charge is 2.31. The highest BCUT2D eigenvalue weighted by Crippen LogP contribution is 2.27. The van der Waals surface area contributed by atoms with Gasteiger partial charge in [-0.25, -0.2) is 8.42 Å². The first-order chi connectivity index (χ1) is 11.4. The predicted molar refractivity (Wildman–Crippen MR) is 92.1 cm³/mol. The zero-order valence-corrected chi connectivity index (χ0v) is 15.4. The first-order valence-corrected chi connectivity index (χ1v) is 9.76. The standard InChI is InChI=1S/C16H19N3O3S2/c1-12-16(13(2)18(3)17-12)24(20,21)19(10-14-6-4-8-22-14)11-15-7-5-9-23-15/h4-9H,10-11H2,1-3H3. The molecule has 0 bridgehead atoms. The van der Waals surface area contributed by atoms with Crippen LogP contribution in [0.4, 0.5) is 0 Å².